The maximum Gasteiger partial charge on any atom is 0.254 e. The minimum absolute atomic E-state index is 0.384. The molecule has 1 aromatic heterocycles. The van der Waals surface area contributed by atoms with E-state index in [0.29, 0.717) is 44.0 Å². The van der Waals surface area contributed by atoms with Crippen LogP contribution < -0.4 is 5.32 Å². The molecule has 6 nitrogen and oxygen atoms in total. The van der Waals surface area contributed by atoms with E-state index in [0.717, 1.165) is 30.1 Å². The van der Waals surface area contributed by atoms with Gasteiger partial charge in [-0.05, 0) is 42.8 Å². The molecule has 1 aliphatic heterocycles. The Balaban J connectivity index is 1.44. The van der Waals surface area contributed by atoms with Crippen molar-refractivity contribution in [1.82, 2.24) is 25.0 Å². The second kappa shape index (κ2) is 9.07. The highest BCUT2D eigenvalue weighted by atomic mass is 19.2. The fourth-order valence-corrected chi connectivity index (χ4v) is 3.77. The van der Waals surface area contributed by atoms with E-state index in [1.54, 1.807) is 13.0 Å². The summed E-state index contributed by atoms with van der Waals surface area (Å²) in [4.78, 5) is 14.5. The molecule has 2 heterocycles. The Hall–Kier alpha value is -3.27. The highest BCUT2D eigenvalue weighted by molar-refractivity contribution is 5.94. The van der Waals surface area contributed by atoms with E-state index in [9.17, 15) is 22.4 Å². The summed E-state index contributed by atoms with van der Waals surface area (Å²) >= 11 is 0. The summed E-state index contributed by atoms with van der Waals surface area (Å²) in [6, 6.07) is 5.95. The number of carbonyl (C=O) groups excluding carboxylic acids is 1. The highest BCUT2D eigenvalue weighted by Crippen LogP contribution is 2.19. The molecule has 1 unspecified atom stereocenters. The van der Waals surface area contributed by atoms with Crippen LogP contribution in [0.1, 0.15) is 40.5 Å². The third kappa shape index (κ3) is 4.64. The van der Waals surface area contributed by atoms with Crippen molar-refractivity contribution in [3.8, 4) is 0 Å². The maximum absolute atomic E-state index is 13.9. The Morgan fingerprint density at radius 3 is 2.56 bits per heavy atom. The lowest BCUT2D eigenvalue weighted by molar-refractivity contribution is 0.0933. The fraction of sp³-hybridized carbons (Fsp3) is 0.318. The van der Waals surface area contributed by atoms with E-state index in [4.69, 9.17) is 0 Å². The molecular weight excluding hydrogens is 426 g/mol. The first-order valence-electron chi connectivity index (χ1n) is 10.2. The van der Waals surface area contributed by atoms with Gasteiger partial charge in [0.2, 0.25) is 0 Å². The van der Waals surface area contributed by atoms with Crippen LogP contribution in [0.2, 0.25) is 0 Å². The number of nitrogens with zero attached hydrogens (tertiary/aromatic N) is 4. The molecule has 1 atom stereocenters. The summed E-state index contributed by atoms with van der Waals surface area (Å²) in [5, 5.41) is 11.0. The number of hydrogen-bond donors (Lipinski definition) is 1. The van der Waals surface area contributed by atoms with E-state index < -0.39 is 35.2 Å². The molecule has 1 aliphatic rings. The van der Waals surface area contributed by atoms with Crippen LogP contribution in [0.5, 0.6) is 0 Å². The number of hydrogen-bond acceptors (Lipinski definition) is 4. The van der Waals surface area contributed by atoms with Crippen molar-refractivity contribution in [2.75, 3.05) is 13.1 Å². The van der Waals surface area contributed by atoms with Crippen molar-refractivity contribution in [2.24, 2.45) is 0 Å². The van der Waals surface area contributed by atoms with Crippen molar-refractivity contribution < 1.29 is 22.4 Å². The standard InChI is InChI=1S/C22H21F4N5O/c1-13(27-22(32)16-11-15(23)3-5-17(16)24)21-29-28-20-6-7-30(8-9-31(20)21)12-14-2-4-18(25)19(26)10-14/h2-5,10-11,13H,6-9,12H2,1H3,(H,27,32). The van der Waals surface area contributed by atoms with Gasteiger partial charge in [-0.1, -0.05) is 6.07 Å². The average molecular weight is 447 g/mol. The van der Waals surface area contributed by atoms with Crippen molar-refractivity contribution in [2.45, 2.75) is 32.5 Å². The molecule has 0 radical (unpaired) electrons. The number of amides is 1. The van der Waals surface area contributed by atoms with E-state index in [1.807, 2.05) is 4.57 Å². The van der Waals surface area contributed by atoms with Crippen LogP contribution in [-0.2, 0) is 19.5 Å². The third-order valence-corrected chi connectivity index (χ3v) is 5.45. The fourth-order valence-electron chi connectivity index (χ4n) is 3.77. The third-order valence-electron chi connectivity index (χ3n) is 5.45. The summed E-state index contributed by atoms with van der Waals surface area (Å²) in [6.07, 6.45) is 0.579. The number of aromatic nitrogens is 3. The molecule has 0 bridgehead atoms. The van der Waals surface area contributed by atoms with E-state index in [2.05, 4.69) is 20.4 Å². The van der Waals surface area contributed by atoms with Crippen molar-refractivity contribution in [1.29, 1.82) is 0 Å². The smallest absolute Gasteiger partial charge is 0.254 e. The summed E-state index contributed by atoms with van der Waals surface area (Å²) in [7, 11) is 0. The predicted molar refractivity (Wildman–Crippen MR) is 108 cm³/mol. The van der Waals surface area contributed by atoms with Gasteiger partial charge in [-0.3, -0.25) is 9.69 Å². The average Bonchev–Trinajstić information content (AvgIpc) is 3.07. The largest absolute Gasteiger partial charge is 0.342 e. The van der Waals surface area contributed by atoms with Gasteiger partial charge in [0.15, 0.2) is 17.5 Å². The SMILES string of the molecule is CC(NC(=O)c1cc(F)ccc1F)c1nnc2n1CCN(Cc1ccc(F)c(F)c1)CC2. The first kappa shape index (κ1) is 21.9. The van der Waals surface area contributed by atoms with Gasteiger partial charge in [0, 0.05) is 32.6 Å². The Kier molecular flexibility index (Phi) is 6.22. The van der Waals surface area contributed by atoms with E-state index in [1.165, 1.54) is 6.07 Å². The van der Waals surface area contributed by atoms with Crippen molar-refractivity contribution in [3.05, 3.63) is 82.4 Å². The van der Waals surface area contributed by atoms with Gasteiger partial charge in [-0.15, -0.1) is 10.2 Å². The van der Waals surface area contributed by atoms with Gasteiger partial charge in [0.25, 0.3) is 5.91 Å². The monoisotopic (exact) mass is 447 g/mol. The highest BCUT2D eigenvalue weighted by Gasteiger charge is 2.24. The maximum atomic E-state index is 13.9. The molecule has 0 aliphatic carbocycles. The van der Waals surface area contributed by atoms with Crippen LogP contribution in [0.25, 0.3) is 0 Å². The molecule has 1 amide bonds. The Bertz CT molecular complexity index is 1150. The zero-order chi connectivity index (χ0) is 22.8. The molecule has 168 valence electrons. The number of fused-ring (bicyclic) bond motifs is 1. The number of halogens is 4. The van der Waals surface area contributed by atoms with Gasteiger partial charge in [-0.2, -0.15) is 0 Å². The molecule has 3 aromatic rings. The summed E-state index contributed by atoms with van der Waals surface area (Å²) in [5.74, 6) is -2.80. The summed E-state index contributed by atoms with van der Waals surface area (Å²) < 4.78 is 55.9. The van der Waals surface area contributed by atoms with Crippen molar-refractivity contribution in [3.63, 3.8) is 0 Å². The lowest BCUT2D eigenvalue weighted by Gasteiger charge is -2.20. The zero-order valence-corrected chi connectivity index (χ0v) is 17.3. The molecule has 0 spiro atoms. The molecule has 0 saturated carbocycles. The van der Waals surface area contributed by atoms with E-state index >= 15 is 0 Å². The minimum Gasteiger partial charge on any atom is -0.342 e. The normalized spacial score (nSPS) is 15.2. The quantitative estimate of drug-likeness (QED) is 0.610. The Morgan fingerprint density at radius 1 is 1.00 bits per heavy atom. The lowest BCUT2D eigenvalue weighted by Crippen LogP contribution is -2.30. The van der Waals surface area contributed by atoms with Gasteiger partial charge in [0.1, 0.15) is 17.5 Å². The second-order valence-electron chi connectivity index (χ2n) is 7.72. The van der Waals surface area contributed by atoms with Crippen LogP contribution >= 0.6 is 0 Å². The molecule has 4 rings (SSSR count). The summed E-state index contributed by atoms with van der Waals surface area (Å²) in [5.41, 5.74) is 0.282. The Labute approximate surface area is 181 Å². The number of carbonyl (C=O) groups is 1. The lowest BCUT2D eigenvalue weighted by atomic mass is 10.1. The first-order valence-corrected chi connectivity index (χ1v) is 10.2. The Morgan fingerprint density at radius 2 is 1.78 bits per heavy atom. The number of rotatable bonds is 5. The first-order chi connectivity index (χ1) is 15.3. The zero-order valence-electron chi connectivity index (χ0n) is 17.3. The van der Waals surface area contributed by atoms with Gasteiger partial charge in [0.05, 0.1) is 11.6 Å². The topological polar surface area (TPSA) is 63.1 Å². The molecular formula is C22H21F4N5O. The number of benzene rings is 2. The summed E-state index contributed by atoms with van der Waals surface area (Å²) in [6.45, 7) is 3.92. The van der Waals surface area contributed by atoms with Crippen LogP contribution in [0.4, 0.5) is 17.6 Å². The number of nitrogens with one attached hydrogen (secondary N) is 1. The van der Waals surface area contributed by atoms with Gasteiger partial charge < -0.3 is 9.88 Å². The van der Waals surface area contributed by atoms with E-state index in [-0.39, 0.29) is 5.56 Å². The van der Waals surface area contributed by atoms with Crippen LogP contribution in [-0.4, -0.2) is 38.7 Å². The molecule has 1 N–H and O–H groups in total. The molecule has 0 fully saturated rings. The van der Waals surface area contributed by atoms with Crippen LogP contribution in [0.15, 0.2) is 36.4 Å². The predicted octanol–water partition coefficient (Wildman–Crippen LogP) is 3.38. The van der Waals surface area contributed by atoms with Crippen molar-refractivity contribution >= 4 is 5.91 Å². The molecule has 2 aromatic carbocycles. The molecule has 32 heavy (non-hydrogen) atoms. The van der Waals surface area contributed by atoms with Crippen LogP contribution in [0.3, 0.4) is 0 Å². The second-order valence-corrected chi connectivity index (χ2v) is 7.72. The van der Waals surface area contributed by atoms with Gasteiger partial charge in [-0.25, -0.2) is 17.6 Å². The molecule has 0 saturated heterocycles. The van der Waals surface area contributed by atoms with Gasteiger partial charge >= 0.3 is 0 Å². The molecule has 10 heteroatoms. The van der Waals surface area contributed by atoms with Crippen LogP contribution in [0, 0.1) is 23.3 Å². The minimum atomic E-state index is -0.880.